The van der Waals surface area contributed by atoms with Gasteiger partial charge in [-0.3, -0.25) is 0 Å². The van der Waals surface area contributed by atoms with Crippen LogP contribution in [0.1, 0.15) is 25.0 Å². The Balaban J connectivity index is 0.00000364. The molecule has 2 rings (SSSR count). The molecule has 1 heterocycles. The molecule has 0 atom stereocenters. The van der Waals surface area contributed by atoms with Crippen molar-refractivity contribution in [1.29, 1.82) is 0 Å². The van der Waals surface area contributed by atoms with Gasteiger partial charge in [0.05, 0.1) is 20.3 Å². The minimum absolute atomic E-state index is 0. The molecule has 0 aromatic heterocycles. The van der Waals surface area contributed by atoms with Gasteiger partial charge >= 0.3 is 6.09 Å². The fourth-order valence-electron chi connectivity index (χ4n) is 2.95. The number of hydrogen-bond donors (Lipinski definition) is 1. The van der Waals surface area contributed by atoms with E-state index in [1.54, 1.807) is 12.0 Å². The van der Waals surface area contributed by atoms with E-state index in [4.69, 9.17) is 14.5 Å². The number of benzene rings is 1. The van der Waals surface area contributed by atoms with Gasteiger partial charge in [0, 0.05) is 32.7 Å². The minimum Gasteiger partial charge on any atom is -0.496 e. The van der Waals surface area contributed by atoms with Crippen molar-refractivity contribution in [2.45, 2.75) is 27.3 Å². The molecule has 8 heteroatoms. The van der Waals surface area contributed by atoms with Crippen LogP contribution in [0.2, 0.25) is 0 Å². The van der Waals surface area contributed by atoms with Crippen LogP contribution < -0.4 is 10.1 Å². The number of piperazine rings is 1. The monoisotopic (exact) mass is 490 g/mol. The summed E-state index contributed by atoms with van der Waals surface area (Å²) in [6.45, 7) is 10.5. The van der Waals surface area contributed by atoms with Gasteiger partial charge in [0.2, 0.25) is 0 Å². The first-order valence-corrected chi connectivity index (χ1v) is 9.17. The van der Waals surface area contributed by atoms with Gasteiger partial charge in [-0.05, 0) is 38.0 Å². The van der Waals surface area contributed by atoms with E-state index in [-0.39, 0.29) is 30.1 Å². The minimum atomic E-state index is -0.234. The summed E-state index contributed by atoms with van der Waals surface area (Å²) in [5.41, 5.74) is 2.25. The number of rotatable bonds is 5. The number of methoxy groups -OCH3 is 1. The Labute approximate surface area is 179 Å². The second-order valence-corrected chi connectivity index (χ2v) is 6.15. The molecule has 0 unspecified atom stereocenters. The third-order valence-electron chi connectivity index (χ3n) is 4.31. The molecule has 1 fully saturated rings. The van der Waals surface area contributed by atoms with Crippen LogP contribution in [0, 0.1) is 6.92 Å². The number of aryl methyl sites for hydroxylation is 1. The van der Waals surface area contributed by atoms with E-state index in [0.29, 0.717) is 26.2 Å². The maximum Gasteiger partial charge on any atom is 0.409 e. The molecular weight excluding hydrogens is 459 g/mol. The Morgan fingerprint density at radius 3 is 2.41 bits per heavy atom. The number of halogens is 1. The van der Waals surface area contributed by atoms with Gasteiger partial charge in [-0.2, -0.15) is 0 Å². The first kappa shape index (κ1) is 23.3. The number of hydrogen-bond acceptors (Lipinski definition) is 4. The van der Waals surface area contributed by atoms with Crippen molar-refractivity contribution in [2.24, 2.45) is 4.99 Å². The molecule has 0 bridgehead atoms. The lowest BCUT2D eigenvalue weighted by Crippen LogP contribution is -2.53. The standard InChI is InChI=1S/C19H30N4O3.HI/c1-5-20-18(21-14-16-7-8-17(25-4)15(3)13-16)22-9-11-23(12-10-22)19(24)26-6-2;/h7-8,13H,5-6,9-12,14H2,1-4H3,(H,20,21);1H. The summed E-state index contributed by atoms with van der Waals surface area (Å²) in [5.74, 6) is 1.77. The van der Waals surface area contributed by atoms with E-state index >= 15 is 0 Å². The highest BCUT2D eigenvalue weighted by atomic mass is 127. The molecule has 1 saturated heterocycles. The fourth-order valence-corrected chi connectivity index (χ4v) is 2.95. The van der Waals surface area contributed by atoms with Crippen LogP contribution in [0.4, 0.5) is 4.79 Å². The molecule has 0 radical (unpaired) electrons. The number of nitrogens with one attached hydrogen (secondary N) is 1. The lowest BCUT2D eigenvalue weighted by Gasteiger charge is -2.35. The van der Waals surface area contributed by atoms with Crippen LogP contribution in [-0.4, -0.2) is 68.3 Å². The van der Waals surface area contributed by atoms with Gasteiger partial charge in [0.15, 0.2) is 5.96 Å². The van der Waals surface area contributed by atoms with Gasteiger partial charge in [-0.1, -0.05) is 12.1 Å². The summed E-state index contributed by atoms with van der Waals surface area (Å²) in [7, 11) is 1.68. The lowest BCUT2D eigenvalue weighted by molar-refractivity contribution is 0.0914. The summed E-state index contributed by atoms with van der Waals surface area (Å²) < 4.78 is 10.4. The van der Waals surface area contributed by atoms with Crippen molar-refractivity contribution >= 4 is 36.0 Å². The summed E-state index contributed by atoms with van der Waals surface area (Å²) in [6.07, 6.45) is -0.234. The zero-order valence-electron chi connectivity index (χ0n) is 16.7. The zero-order chi connectivity index (χ0) is 18.9. The van der Waals surface area contributed by atoms with Crippen molar-refractivity contribution < 1.29 is 14.3 Å². The van der Waals surface area contributed by atoms with E-state index in [0.717, 1.165) is 42.5 Å². The average molecular weight is 490 g/mol. The number of carbonyl (C=O) groups is 1. The van der Waals surface area contributed by atoms with Crippen molar-refractivity contribution in [2.75, 3.05) is 46.4 Å². The summed E-state index contributed by atoms with van der Waals surface area (Å²) in [4.78, 5) is 20.5. The molecule has 1 aliphatic rings. The second-order valence-electron chi connectivity index (χ2n) is 6.15. The first-order valence-electron chi connectivity index (χ1n) is 9.17. The zero-order valence-corrected chi connectivity index (χ0v) is 19.0. The average Bonchev–Trinajstić information content (AvgIpc) is 2.65. The number of ether oxygens (including phenoxy) is 2. The maximum absolute atomic E-state index is 11.8. The number of carbonyl (C=O) groups excluding carboxylic acids is 1. The molecule has 1 aromatic rings. The van der Waals surface area contributed by atoms with Gasteiger partial charge in [-0.15, -0.1) is 24.0 Å². The molecular formula is C19H31IN4O3. The fraction of sp³-hybridized carbons (Fsp3) is 0.579. The highest BCUT2D eigenvalue weighted by molar-refractivity contribution is 14.0. The molecule has 0 spiro atoms. The summed E-state index contributed by atoms with van der Waals surface area (Å²) in [6, 6.07) is 6.12. The Hall–Kier alpha value is -1.71. The van der Waals surface area contributed by atoms with E-state index in [2.05, 4.69) is 23.2 Å². The quantitative estimate of drug-likeness (QED) is 0.391. The number of amides is 1. The van der Waals surface area contributed by atoms with Crippen LogP contribution in [0.3, 0.4) is 0 Å². The van der Waals surface area contributed by atoms with Crippen LogP contribution >= 0.6 is 24.0 Å². The topological polar surface area (TPSA) is 66.4 Å². The smallest absolute Gasteiger partial charge is 0.409 e. The molecule has 1 N–H and O–H groups in total. The van der Waals surface area contributed by atoms with Crippen LogP contribution in [0.15, 0.2) is 23.2 Å². The maximum atomic E-state index is 11.8. The second kappa shape index (κ2) is 11.9. The molecule has 152 valence electrons. The van der Waals surface area contributed by atoms with E-state index < -0.39 is 0 Å². The van der Waals surface area contributed by atoms with E-state index in [1.165, 1.54) is 0 Å². The van der Waals surface area contributed by atoms with Gasteiger partial charge < -0.3 is 24.6 Å². The van der Waals surface area contributed by atoms with Crippen LogP contribution in [0.5, 0.6) is 5.75 Å². The molecule has 1 aromatic carbocycles. The Kier molecular flexibility index (Phi) is 10.3. The molecule has 0 aliphatic carbocycles. The van der Waals surface area contributed by atoms with E-state index in [1.807, 2.05) is 26.0 Å². The van der Waals surface area contributed by atoms with E-state index in [9.17, 15) is 4.79 Å². The third-order valence-corrected chi connectivity index (χ3v) is 4.31. The molecule has 1 aliphatic heterocycles. The predicted octanol–water partition coefficient (Wildman–Crippen LogP) is 2.86. The van der Waals surface area contributed by atoms with Crippen molar-refractivity contribution in [1.82, 2.24) is 15.1 Å². The highest BCUT2D eigenvalue weighted by Crippen LogP contribution is 2.19. The molecule has 27 heavy (non-hydrogen) atoms. The molecule has 0 saturated carbocycles. The molecule has 7 nitrogen and oxygen atoms in total. The lowest BCUT2D eigenvalue weighted by atomic mass is 10.1. The normalized spacial score (nSPS) is 14.4. The van der Waals surface area contributed by atoms with Crippen molar-refractivity contribution in [3.8, 4) is 5.75 Å². The Bertz CT molecular complexity index is 631. The Morgan fingerprint density at radius 2 is 1.85 bits per heavy atom. The SMILES string of the molecule is CCNC(=NCc1ccc(OC)c(C)c1)N1CCN(C(=O)OCC)CC1.I. The van der Waals surface area contributed by atoms with Crippen molar-refractivity contribution in [3.05, 3.63) is 29.3 Å². The molecule has 1 amide bonds. The Morgan fingerprint density at radius 1 is 1.19 bits per heavy atom. The summed E-state index contributed by atoms with van der Waals surface area (Å²) in [5, 5.41) is 3.35. The third kappa shape index (κ3) is 6.75. The van der Waals surface area contributed by atoms with Crippen LogP contribution in [-0.2, 0) is 11.3 Å². The number of nitrogens with zero attached hydrogens (tertiary/aromatic N) is 3. The predicted molar refractivity (Wildman–Crippen MR) is 118 cm³/mol. The summed E-state index contributed by atoms with van der Waals surface area (Å²) >= 11 is 0. The van der Waals surface area contributed by atoms with Crippen molar-refractivity contribution in [3.63, 3.8) is 0 Å². The number of guanidine groups is 1. The van der Waals surface area contributed by atoms with Gasteiger partial charge in [0.25, 0.3) is 0 Å². The first-order chi connectivity index (χ1) is 12.6. The number of aliphatic imine (C=N–C) groups is 1. The highest BCUT2D eigenvalue weighted by Gasteiger charge is 2.23. The van der Waals surface area contributed by atoms with Gasteiger partial charge in [-0.25, -0.2) is 9.79 Å². The largest absolute Gasteiger partial charge is 0.496 e. The van der Waals surface area contributed by atoms with Crippen LogP contribution in [0.25, 0.3) is 0 Å². The van der Waals surface area contributed by atoms with Gasteiger partial charge in [0.1, 0.15) is 5.75 Å².